The highest BCUT2D eigenvalue weighted by molar-refractivity contribution is 5.94. The molecule has 0 radical (unpaired) electrons. The van der Waals surface area contributed by atoms with Gasteiger partial charge in [0, 0.05) is 18.7 Å². The number of alkyl halides is 3. The van der Waals surface area contributed by atoms with Gasteiger partial charge in [0.15, 0.2) is 0 Å². The third kappa shape index (κ3) is 5.73. The molecule has 1 N–H and O–H groups in total. The Balaban J connectivity index is 1.43. The molecule has 3 rings (SSSR count). The summed E-state index contributed by atoms with van der Waals surface area (Å²) in [4.78, 5) is 12.2. The van der Waals surface area contributed by atoms with E-state index in [1.54, 1.807) is 24.3 Å². The summed E-state index contributed by atoms with van der Waals surface area (Å²) < 4.78 is 48.8. The van der Waals surface area contributed by atoms with Crippen LogP contribution in [0.2, 0.25) is 0 Å². The van der Waals surface area contributed by atoms with E-state index in [2.05, 4.69) is 5.32 Å². The molecular weight excluding hydrogens is 371 g/mol. The second kappa shape index (κ2) is 9.10. The zero-order chi connectivity index (χ0) is 20.0. The van der Waals surface area contributed by atoms with Crippen LogP contribution in [0.15, 0.2) is 48.5 Å². The van der Waals surface area contributed by atoms with Crippen molar-refractivity contribution in [1.29, 1.82) is 0 Å². The van der Waals surface area contributed by atoms with E-state index in [4.69, 9.17) is 9.47 Å². The van der Waals surface area contributed by atoms with Crippen LogP contribution in [0.3, 0.4) is 0 Å². The Kier molecular flexibility index (Phi) is 6.57. The van der Waals surface area contributed by atoms with Crippen LogP contribution < -0.4 is 10.1 Å². The van der Waals surface area contributed by atoms with Crippen molar-refractivity contribution < 1.29 is 27.4 Å². The molecule has 0 aromatic heterocycles. The number of halogens is 3. The van der Waals surface area contributed by atoms with Gasteiger partial charge in [0.2, 0.25) is 0 Å². The first-order valence-corrected chi connectivity index (χ1v) is 9.20. The maximum atomic E-state index is 12.5. The number of carbonyl (C=O) groups excluding carboxylic acids is 1. The van der Waals surface area contributed by atoms with Crippen molar-refractivity contribution in [1.82, 2.24) is 5.32 Å². The Morgan fingerprint density at radius 3 is 2.43 bits per heavy atom. The molecule has 1 heterocycles. The van der Waals surface area contributed by atoms with Gasteiger partial charge in [-0.1, -0.05) is 12.1 Å². The Labute approximate surface area is 161 Å². The molecule has 1 fully saturated rings. The third-order valence-corrected chi connectivity index (χ3v) is 4.56. The molecule has 2 aromatic carbocycles. The lowest BCUT2D eigenvalue weighted by atomic mass is 10.1. The summed E-state index contributed by atoms with van der Waals surface area (Å²) in [5.41, 5.74) is 0.546. The number of rotatable bonds is 7. The molecule has 1 unspecified atom stereocenters. The summed E-state index contributed by atoms with van der Waals surface area (Å²) in [6.07, 6.45) is -1.70. The minimum atomic E-state index is -4.34. The van der Waals surface area contributed by atoms with Crippen LogP contribution in [0.25, 0.3) is 0 Å². The average molecular weight is 393 g/mol. The van der Waals surface area contributed by atoms with Gasteiger partial charge in [-0.15, -0.1) is 0 Å². The van der Waals surface area contributed by atoms with Gasteiger partial charge in [-0.2, -0.15) is 13.2 Å². The van der Waals surface area contributed by atoms with Gasteiger partial charge in [-0.25, -0.2) is 0 Å². The molecular formula is C21H22F3NO3. The SMILES string of the molecule is O=C(NCCc1ccc(C(F)(F)F)cc1)c1ccc(OCC2CCCO2)cc1. The minimum Gasteiger partial charge on any atom is -0.491 e. The normalized spacial score (nSPS) is 16.8. The monoisotopic (exact) mass is 393 g/mol. The molecule has 1 aliphatic heterocycles. The van der Waals surface area contributed by atoms with Crippen molar-refractivity contribution in [2.24, 2.45) is 0 Å². The van der Waals surface area contributed by atoms with Crippen molar-refractivity contribution in [3.8, 4) is 5.75 Å². The van der Waals surface area contributed by atoms with Gasteiger partial charge in [0.05, 0.1) is 11.7 Å². The van der Waals surface area contributed by atoms with Gasteiger partial charge in [0.25, 0.3) is 5.91 Å². The topological polar surface area (TPSA) is 47.6 Å². The average Bonchev–Trinajstić information content (AvgIpc) is 3.20. The van der Waals surface area contributed by atoms with Crippen LogP contribution >= 0.6 is 0 Å². The van der Waals surface area contributed by atoms with Crippen molar-refractivity contribution in [3.63, 3.8) is 0 Å². The van der Waals surface area contributed by atoms with E-state index in [0.717, 1.165) is 37.1 Å². The maximum Gasteiger partial charge on any atom is 0.416 e. The summed E-state index contributed by atoms with van der Waals surface area (Å²) in [5, 5.41) is 2.77. The smallest absolute Gasteiger partial charge is 0.416 e. The Hall–Kier alpha value is -2.54. The zero-order valence-corrected chi connectivity index (χ0v) is 15.3. The van der Waals surface area contributed by atoms with E-state index in [9.17, 15) is 18.0 Å². The molecule has 0 spiro atoms. The summed E-state index contributed by atoms with van der Waals surface area (Å²) in [6, 6.07) is 11.8. The van der Waals surface area contributed by atoms with Crippen molar-refractivity contribution in [2.45, 2.75) is 31.5 Å². The standard InChI is InChI=1S/C21H22F3NO3/c22-21(23,24)17-7-3-15(4-8-17)11-12-25-20(26)16-5-9-18(10-6-16)28-14-19-2-1-13-27-19/h3-10,19H,1-2,11-14H2,(H,25,26). The fraction of sp³-hybridized carbons (Fsp3) is 0.381. The van der Waals surface area contributed by atoms with Crippen molar-refractivity contribution >= 4 is 5.91 Å². The quantitative estimate of drug-likeness (QED) is 0.766. The van der Waals surface area contributed by atoms with Crippen LogP contribution in [-0.2, 0) is 17.3 Å². The molecule has 7 heteroatoms. The molecule has 150 valence electrons. The lowest BCUT2D eigenvalue weighted by molar-refractivity contribution is -0.137. The third-order valence-electron chi connectivity index (χ3n) is 4.56. The first-order valence-electron chi connectivity index (χ1n) is 9.20. The Morgan fingerprint density at radius 2 is 1.82 bits per heavy atom. The maximum absolute atomic E-state index is 12.5. The van der Waals surface area contributed by atoms with Crippen LogP contribution in [0.4, 0.5) is 13.2 Å². The molecule has 1 atom stereocenters. The molecule has 0 saturated carbocycles. The van der Waals surface area contributed by atoms with E-state index < -0.39 is 11.7 Å². The van der Waals surface area contributed by atoms with E-state index in [-0.39, 0.29) is 12.0 Å². The number of amides is 1. The molecule has 1 amide bonds. The number of nitrogens with one attached hydrogen (secondary N) is 1. The predicted molar refractivity (Wildman–Crippen MR) is 98.4 cm³/mol. The van der Waals surface area contributed by atoms with Crippen LogP contribution in [0.5, 0.6) is 5.75 Å². The highest BCUT2D eigenvalue weighted by Crippen LogP contribution is 2.29. The molecule has 2 aromatic rings. The molecule has 1 aliphatic rings. The summed E-state index contributed by atoms with van der Waals surface area (Å²) in [6.45, 7) is 1.61. The van der Waals surface area contributed by atoms with E-state index in [0.29, 0.717) is 30.9 Å². The van der Waals surface area contributed by atoms with Crippen LogP contribution in [-0.4, -0.2) is 31.8 Å². The van der Waals surface area contributed by atoms with E-state index in [1.165, 1.54) is 12.1 Å². The lowest BCUT2D eigenvalue weighted by Gasteiger charge is -2.12. The molecule has 0 aliphatic carbocycles. The van der Waals surface area contributed by atoms with Crippen LogP contribution in [0.1, 0.15) is 34.3 Å². The number of hydrogen-bond donors (Lipinski definition) is 1. The number of carbonyl (C=O) groups is 1. The van der Waals surface area contributed by atoms with Crippen molar-refractivity contribution in [3.05, 3.63) is 65.2 Å². The second-order valence-electron chi connectivity index (χ2n) is 6.67. The number of benzene rings is 2. The summed E-state index contributed by atoms with van der Waals surface area (Å²) >= 11 is 0. The largest absolute Gasteiger partial charge is 0.491 e. The zero-order valence-electron chi connectivity index (χ0n) is 15.3. The summed E-state index contributed by atoms with van der Waals surface area (Å²) in [7, 11) is 0. The van der Waals surface area contributed by atoms with Gasteiger partial charge in [-0.05, 0) is 61.2 Å². The van der Waals surface area contributed by atoms with Gasteiger partial charge < -0.3 is 14.8 Å². The first-order chi connectivity index (χ1) is 13.4. The van der Waals surface area contributed by atoms with E-state index in [1.807, 2.05) is 0 Å². The molecule has 4 nitrogen and oxygen atoms in total. The fourth-order valence-electron chi connectivity index (χ4n) is 2.95. The molecule has 28 heavy (non-hydrogen) atoms. The first kappa shape index (κ1) is 20.2. The van der Waals surface area contributed by atoms with Gasteiger partial charge in [0.1, 0.15) is 12.4 Å². The Morgan fingerprint density at radius 1 is 1.11 bits per heavy atom. The van der Waals surface area contributed by atoms with E-state index >= 15 is 0 Å². The fourth-order valence-corrected chi connectivity index (χ4v) is 2.95. The molecule has 0 bridgehead atoms. The molecule has 1 saturated heterocycles. The predicted octanol–water partition coefficient (Wildman–Crippen LogP) is 4.24. The highest BCUT2D eigenvalue weighted by Gasteiger charge is 2.29. The van der Waals surface area contributed by atoms with Crippen molar-refractivity contribution in [2.75, 3.05) is 19.8 Å². The van der Waals surface area contributed by atoms with Gasteiger partial charge in [-0.3, -0.25) is 4.79 Å². The minimum absolute atomic E-state index is 0.133. The number of hydrogen-bond acceptors (Lipinski definition) is 3. The van der Waals surface area contributed by atoms with Gasteiger partial charge >= 0.3 is 6.18 Å². The number of ether oxygens (including phenoxy) is 2. The van der Waals surface area contributed by atoms with Crippen LogP contribution in [0, 0.1) is 0 Å². The summed E-state index contributed by atoms with van der Waals surface area (Å²) in [5.74, 6) is 0.439. The highest BCUT2D eigenvalue weighted by atomic mass is 19.4. The second-order valence-corrected chi connectivity index (χ2v) is 6.67. The lowest BCUT2D eigenvalue weighted by Crippen LogP contribution is -2.25. The Bertz CT molecular complexity index is 767.